The van der Waals surface area contributed by atoms with E-state index in [2.05, 4.69) is 0 Å². The molecule has 0 aromatic heterocycles. The summed E-state index contributed by atoms with van der Waals surface area (Å²) in [6, 6.07) is 10.7. The van der Waals surface area contributed by atoms with Crippen molar-refractivity contribution in [2.24, 2.45) is 5.73 Å². The Bertz CT molecular complexity index is 572. The van der Waals surface area contributed by atoms with Gasteiger partial charge in [-0.3, -0.25) is 0 Å². The predicted molar refractivity (Wildman–Crippen MR) is 73.2 cm³/mol. The highest BCUT2D eigenvalue weighted by Gasteiger charge is 2.11. The molecular formula is C15H14ClF2N. The first-order valence-corrected chi connectivity index (χ1v) is 6.37. The Morgan fingerprint density at radius 2 is 1.68 bits per heavy atom. The van der Waals surface area contributed by atoms with Crippen LogP contribution in [-0.4, -0.2) is 6.04 Å². The van der Waals surface area contributed by atoms with Gasteiger partial charge in [-0.1, -0.05) is 35.9 Å². The molecule has 0 heterocycles. The van der Waals surface area contributed by atoms with Gasteiger partial charge in [0.1, 0.15) is 11.6 Å². The van der Waals surface area contributed by atoms with Crippen LogP contribution >= 0.6 is 11.6 Å². The minimum absolute atomic E-state index is 0.264. The second kappa shape index (κ2) is 6.13. The maximum absolute atomic E-state index is 13.5. The van der Waals surface area contributed by atoms with Crippen molar-refractivity contribution in [3.63, 3.8) is 0 Å². The average Bonchev–Trinajstić information content (AvgIpc) is 2.36. The van der Waals surface area contributed by atoms with Gasteiger partial charge in [-0.15, -0.1) is 0 Å². The fourth-order valence-electron chi connectivity index (χ4n) is 1.99. The lowest BCUT2D eigenvalue weighted by atomic mass is 9.99. The van der Waals surface area contributed by atoms with E-state index in [1.54, 1.807) is 6.07 Å². The number of hydrogen-bond acceptors (Lipinski definition) is 1. The monoisotopic (exact) mass is 281 g/mol. The van der Waals surface area contributed by atoms with Crippen LogP contribution in [0.3, 0.4) is 0 Å². The Balaban J connectivity index is 2.05. The Morgan fingerprint density at radius 1 is 1.00 bits per heavy atom. The molecule has 1 nitrogen and oxygen atoms in total. The molecular weight excluding hydrogens is 268 g/mol. The average molecular weight is 282 g/mol. The first kappa shape index (κ1) is 14.0. The van der Waals surface area contributed by atoms with Gasteiger partial charge in [0, 0.05) is 17.1 Å². The molecule has 100 valence electrons. The Morgan fingerprint density at radius 3 is 2.37 bits per heavy atom. The van der Waals surface area contributed by atoms with Crippen molar-refractivity contribution in [2.75, 3.05) is 0 Å². The van der Waals surface area contributed by atoms with Gasteiger partial charge >= 0.3 is 0 Å². The molecule has 0 spiro atoms. The molecule has 2 rings (SSSR count). The van der Waals surface area contributed by atoms with E-state index in [1.165, 1.54) is 12.1 Å². The molecule has 0 amide bonds. The third-order valence-electron chi connectivity index (χ3n) is 2.94. The van der Waals surface area contributed by atoms with E-state index in [0.29, 0.717) is 23.4 Å². The van der Waals surface area contributed by atoms with Gasteiger partial charge in [-0.25, -0.2) is 8.78 Å². The topological polar surface area (TPSA) is 26.0 Å². The molecule has 0 saturated carbocycles. The molecule has 0 fully saturated rings. The molecule has 4 heteroatoms. The van der Waals surface area contributed by atoms with Gasteiger partial charge in [0.15, 0.2) is 0 Å². The molecule has 19 heavy (non-hydrogen) atoms. The van der Waals surface area contributed by atoms with Crippen LogP contribution in [-0.2, 0) is 12.8 Å². The van der Waals surface area contributed by atoms with Crippen LogP contribution in [0.4, 0.5) is 8.78 Å². The van der Waals surface area contributed by atoms with Gasteiger partial charge in [-0.05, 0) is 36.1 Å². The summed E-state index contributed by atoms with van der Waals surface area (Å²) >= 11 is 6.04. The van der Waals surface area contributed by atoms with Crippen molar-refractivity contribution in [3.05, 3.63) is 70.2 Å². The molecule has 0 radical (unpaired) electrons. The van der Waals surface area contributed by atoms with E-state index in [1.807, 2.05) is 18.2 Å². The van der Waals surface area contributed by atoms with Gasteiger partial charge in [0.05, 0.1) is 0 Å². The van der Waals surface area contributed by atoms with E-state index in [0.717, 1.165) is 11.6 Å². The van der Waals surface area contributed by atoms with E-state index in [9.17, 15) is 8.78 Å². The fraction of sp³-hybridized carbons (Fsp3) is 0.200. The smallest absolute Gasteiger partial charge is 0.129 e. The van der Waals surface area contributed by atoms with E-state index < -0.39 is 11.6 Å². The number of nitrogens with two attached hydrogens (primary N) is 1. The first-order valence-electron chi connectivity index (χ1n) is 5.99. The zero-order valence-corrected chi connectivity index (χ0v) is 11.0. The van der Waals surface area contributed by atoms with Crippen molar-refractivity contribution < 1.29 is 8.78 Å². The molecule has 0 aliphatic carbocycles. The van der Waals surface area contributed by atoms with Crippen LogP contribution in [0.5, 0.6) is 0 Å². The van der Waals surface area contributed by atoms with Crippen LogP contribution in [0.2, 0.25) is 5.02 Å². The second-order valence-corrected chi connectivity index (χ2v) is 4.90. The standard InChI is InChI=1S/C15H14ClF2N/c16-14-4-2-1-3-10(14)7-13(19)8-11-5-6-12(17)9-15(11)18/h1-6,9,13H,7-8,19H2. The molecule has 2 aromatic rings. The Labute approximate surface area is 116 Å². The van der Waals surface area contributed by atoms with Gasteiger partial charge in [-0.2, -0.15) is 0 Å². The van der Waals surface area contributed by atoms with E-state index in [-0.39, 0.29) is 6.04 Å². The summed E-state index contributed by atoms with van der Waals surface area (Å²) in [5, 5.41) is 0.650. The molecule has 2 aromatic carbocycles. The highest BCUT2D eigenvalue weighted by Crippen LogP contribution is 2.18. The van der Waals surface area contributed by atoms with Crippen LogP contribution in [0.25, 0.3) is 0 Å². The molecule has 1 unspecified atom stereocenters. The van der Waals surface area contributed by atoms with Crippen molar-refractivity contribution in [2.45, 2.75) is 18.9 Å². The van der Waals surface area contributed by atoms with Crippen molar-refractivity contribution in [1.82, 2.24) is 0 Å². The summed E-state index contributed by atoms with van der Waals surface area (Å²) in [5.74, 6) is -1.14. The number of halogens is 3. The summed E-state index contributed by atoms with van der Waals surface area (Å²) < 4.78 is 26.3. The number of hydrogen-bond donors (Lipinski definition) is 1. The molecule has 0 bridgehead atoms. The first-order chi connectivity index (χ1) is 9.06. The maximum Gasteiger partial charge on any atom is 0.129 e. The summed E-state index contributed by atoms with van der Waals surface area (Å²) in [4.78, 5) is 0. The number of benzene rings is 2. The largest absolute Gasteiger partial charge is 0.327 e. The zero-order valence-electron chi connectivity index (χ0n) is 10.2. The van der Waals surface area contributed by atoms with Crippen molar-refractivity contribution in [1.29, 1.82) is 0 Å². The van der Waals surface area contributed by atoms with Gasteiger partial charge < -0.3 is 5.73 Å². The lowest BCUT2D eigenvalue weighted by Gasteiger charge is -2.13. The number of rotatable bonds is 4. The van der Waals surface area contributed by atoms with Gasteiger partial charge in [0.25, 0.3) is 0 Å². The fourth-order valence-corrected chi connectivity index (χ4v) is 2.20. The zero-order chi connectivity index (χ0) is 13.8. The SMILES string of the molecule is NC(Cc1ccc(F)cc1F)Cc1ccccc1Cl. The quantitative estimate of drug-likeness (QED) is 0.908. The lowest BCUT2D eigenvalue weighted by molar-refractivity contribution is 0.558. The van der Waals surface area contributed by atoms with E-state index >= 15 is 0 Å². The molecule has 0 aliphatic heterocycles. The summed E-state index contributed by atoms with van der Waals surface area (Å²) in [7, 11) is 0. The summed E-state index contributed by atoms with van der Waals surface area (Å²) in [6.07, 6.45) is 0.897. The van der Waals surface area contributed by atoms with Crippen molar-refractivity contribution >= 4 is 11.6 Å². The van der Waals surface area contributed by atoms with Crippen LogP contribution in [0.1, 0.15) is 11.1 Å². The maximum atomic E-state index is 13.5. The Kier molecular flexibility index (Phi) is 4.51. The second-order valence-electron chi connectivity index (χ2n) is 4.50. The predicted octanol–water partition coefficient (Wildman–Crippen LogP) is 3.73. The highest BCUT2D eigenvalue weighted by atomic mass is 35.5. The molecule has 1 atom stereocenters. The Hall–Kier alpha value is -1.45. The summed E-state index contributed by atoms with van der Waals surface area (Å²) in [6.45, 7) is 0. The normalized spacial score (nSPS) is 12.4. The third-order valence-corrected chi connectivity index (χ3v) is 3.31. The lowest BCUT2D eigenvalue weighted by Crippen LogP contribution is -2.26. The molecule has 0 aliphatic rings. The summed E-state index contributed by atoms with van der Waals surface area (Å²) in [5.41, 5.74) is 7.34. The van der Waals surface area contributed by atoms with Crippen LogP contribution in [0.15, 0.2) is 42.5 Å². The molecule has 2 N–H and O–H groups in total. The van der Waals surface area contributed by atoms with Crippen molar-refractivity contribution in [3.8, 4) is 0 Å². The van der Waals surface area contributed by atoms with Gasteiger partial charge in [0.2, 0.25) is 0 Å². The highest BCUT2D eigenvalue weighted by molar-refractivity contribution is 6.31. The van der Waals surface area contributed by atoms with E-state index in [4.69, 9.17) is 17.3 Å². The minimum atomic E-state index is -0.582. The van der Waals surface area contributed by atoms with Crippen LogP contribution < -0.4 is 5.73 Å². The third kappa shape index (κ3) is 3.75. The molecule has 0 saturated heterocycles. The van der Waals surface area contributed by atoms with Crippen LogP contribution in [0, 0.1) is 11.6 Å². The minimum Gasteiger partial charge on any atom is -0.327 e.